The first kappa shape index (κ1) is 55.1. The molecule has 4 nitrogen and oxygen atoms in total. The van der Waals surface area contributed by atoms with Crippen molar-refractivity contribution >= 4 is 5.91 Å². The number of rotatable bonds is 45. The number of carbonyl (C=O) groups is 1. The van der Waals surface area contributed by atoms with Gasteiger partial charge in [0.2, 0.25) is 5.91 Å². The van der Waals surface area contributed by atoms with Crippen molar-refractivity contribution in [1.29, 1.82) is 0 Å². The number of amides is 1. The summed E-state index contributed by atoms with van der Waals surface area (Å²) in [6.45, 7) is 4.23. The fourth-order valence-electron chi connectivity index (χ4n) is 7.52. The maximum Gasteiger partial charge on any atom is 0.220 e. The van der Waals surface area contributed by atoms with Crippen LogP contribution in [0.3, 0.4) is 0 Å². The maximum atomic E-state index is 12.4. The molecule has 0 aliphatic rings. The standard InChI is InChI=1S/C53H97NO3/c1-3-5-7-9-11-13-15-17-19-21-22-23-24-25-26-27-28-29-30-31-33-34-36-38-40-42-44-46-48-52(56)51(50-55)54-53(57)49-47-45-43-41-39-37-35-32-20-18-16-14-12-10-8-6-4-2/h6,8,12,14,18,20,35,37,41,43,51-52,55-56H,3-5,7,9-11,13,15-17,19,21-34,36,38-40,42,44-50H2,1-2H3,(H,54,57)/b8-6-,14-12-,20-18-,37-35-,43-41-. The Balaban J connectivity index is 3.51. The molecule has 0 aromatic rings. The van der Waals surface area contributed by atoms with Crippen LogP contribution in [0.2, 0.25) is 0 Å². The van der Waals surface area contributed by atoms with Crippen molar-refractivity contribution < 1.29 is 15.0 Å². The zero-order valence-corrected chi connectivity index (χ0v) is 38.1. The molecule has 0 aliphatic heterocycles. The average molecular weight is 796 g/mol. The van der Waals surface area contributed by atoms with Crippen LogP contribution < -0.4 is 5.32 Å². The first-order valence-corrected chi connectivity index (χ1v) is 25.0. The normalized spacial score (nSPS) is 13.4. The van der Waals surface area contributed by atoms with Gasteiger partial charge in [-0.15, -0.1) is 0 Å². The molecular weight excluding hydrogens is 699 g/mol. The molecule has 332 valence electrons. The first-order valence-electron chi connectivity index (χ1n) is 25.0. The van der Waals surface area contributed by atoms with Crippen LogP contribution >= 0.6 is 0 Å². The smallest absolute Gasteiger partial charge is 0.220 e. The molecule has 1 amide bonds. The van der Waals surface area contributed by atoms with Crippen molar-refractivity contribution in [2.45, 2.75) is 264 Å². The van der Waals surface area contributed by atoms with Gasteiger partial charge in [-0.25, -0.2) is 0 Å². The molecule has 2 atom stereocenters. The van der Waals surface area contributed by atoms with E-state index in [0.29, 0.717) is 12.8 Å². The third-order valence-corrected chi connectivity index (χ3v) is 11.3. The quantitative estimate of drug-likeness (QED) is 0.0425. The van der Waals surface area contributed by atoms with Crippen molar-refractivity contribution in [3.63, 3.8) is 0 Å². The van der Waals surface area contributed by atoms with E-state index in [0.717, 1.165) is 57.8 Å². The van der Waals surface area contributed by atoms with Gasteiger partial charge in [-0.2, -0.15) is 0 Å². The fourth-order valence-corrected chi connectivity index (χ4v) is 7.52. The van der Waals surface area contributed by atoms with Crippen LogP contribution in [0.4, 0.5) is 0 Å². The summed E-state index contributed by atoms with van der Waals surface area (Å²) in [7, 11) is 0. The fraction of sp³-hybridized carbons (Fsp3) is 0.792. The molecule has 2 unspecified atom stereocenters. The second-order valence-electron chi connectivity index (χ2n) is 16.9. The predicted molar refractivity (Wildman–Crippen MR) is 253 cm³/mol. The van der Waals surface area contributed by atoms with Gasteiger partial charge in [0.25, 0.3) is 0 Å². The van der Waals surface area contributed by atoms with Crippen molar-refractivity contribution in [3.05, 3.63) is 60.8 Å². The number of allylic oxidation sites excluding steroid dienone is 10. The molecule has 0 fully saturated rings. The minimum absolute atomic E-state index is 0.0872. The Morgan fingerprint density at radius 1 is 0.439 bits per heavy atom. The van der Waals surface area contributed by atoms with E-state index in [2.05, 4.69) is 79.9 Å². The second-order valence-corrected chi connectivity index (χ2v) is 16.9. The molecule has 0 spiro atoms. The lowest BCUT2D eigenvalue weighted by molar-refractivity contribution is -0.123. The van der Waals surface area contributed by atoms with Crippen LogP contribution in [0.25, 0.3) is 0 Å². The van der Waals surface area contributed by atoms with Gasteiger partial charge >= 0.3 is 0 Å². The molecule has 0 radical (unpaired) electrons. The monoisotopic (exact) mass is 796 g/mol. The van der Waals surface area contributed by atoms with E-state index in [4.69, 9.17) is 0 Å². The Labute approximate surface area is 356 Å². The Bertz CT molecular complexity index is 950. The van der Waals surface area contributed by atoms with Crippen LogP contribution in [0, 0.1) is 0 Å². The van der Waals surface area contributed by atoms with E-state index in [1.165, 1.54) is 167 Å². The number of aliphatic hydroxyl groups excluding tert-OH is 2. The highest BCUT2D eigenvalue weighted by molar-refractivity contribution is 5.76. The number of hydrogen-bond acceptors (Lipinski definition) is 3. The van der Waals surface area contributed by atoms with E-state index < -0.39 is 12.1 Å². The molecule has 0 saturated heterocycles. The largest absolute Gasteiger partial charge is 0.394 e. The van der Waals surface area contributed by atoms with Crippen molar-refractivity contribution in [2.24, 2.45) is 0 Å². The summed E-state index contributed by atoms with van der Waals surface area (Å²) < 4.78 is 0. The summed E-state index contributed by atoms with van der Waals surface area (Å²) in [4.78, 5) is 12.4. The summed E-state index contributed by atoms with van der Waals surface area (Å²) in [5, 5.41) is 23.2. The summed E-state index contributed by atoms with van der Waals surface area (Å²) in [5.41, 5.74) is 0. The van der Waals surface area contributed by atoms with Gasteiger partial charge in [0.1, 0.15) is 0 Å². The highest BCUT2D eigenvalue weighted by atomic mass is 16.3. The molecule has 0 aliphatic carbocycles. The van der Waals surface area contributed by atoms with Gasteiger partial charge in [0.05, 0.1) is 18.8 Å². The van der Waals surface area contributed by atoms with Gasteiger partial charge in [-0.1, -0.05) is 254 Å². The molecular formula is C53H97NO3. The lowest BCUT2D eigenvalue weighted by atomic mass is 10.0. The zero-order valence-electron chi connectivity index (χ0n) is 38.1. The van der Waals surface area contributed by atoms with Crippen molar-refractivity contribution in [3.8, 4) is 0 Å². The number of nitrogens with one attached hydrogen (secondary N) is 1. The highest BCUT2D eigenvalue weighted by Gasteiger charge is 2.19. The third kappa shape index (κ3) is 45.0. The highest BCUT2D eigenvalue weighted by Crippen LogP contribution is 2.17. The minimum Gasteiger partial charge on any atom is -0.394 e. The number of carbonyl (C=O) groups excluding carboxylic acids is 1. The molecule has 0 aromatic carbocycles. The van der Waals surface area contributed by atoms with Crippen LogP contribution in [0.15, 0.2) is 60.8 Å². The van der Waals surface area contributed by atoms with E-state index >= 15 is 0 Å². The van der Waals surface area contributed by atoms with Crippen LogP contribution in [-0.2, 0) is 4.79 Å². The molecule has 57 heavy (non-hydrogen) atoms. The van der Waals surface area contributed by atoms with Gasteiger partial charge in [0.15, 0.2) is 0 Å². The summed E-state index contributed by atoms with van der Waals surface area (Å²) in [6.07, 6.45) is 67.7. The number of aliphatic hydroxyl groups is 2. The maximum absolute atomic E-state index is 12.4. The average Bonchev–Trinajstić information content (AvgIpc) is 3.22. The van der Waals surface area contributed by atoms with Gasteiger partial charge in [0, 0.05) is 6.42 Å². The Hall–Kier alpha value is -1.91. The Morgan fingerprint density at radius 2 is 0.754 bits per heavy atom. The third-order valence-electron chi connectivity index (χ3n) is 11.3. The lowest BCUT2D eigenvalue weighted by Crippen LogP contribution is -2.45. The van der Waals surface area contributed by atoms with Gasteiger partial charge < -0.3 is 15.5 Å². The van der Waals surface area contributed by atoms with E-state index in [1.807, 2.05) is 0 Å². The molecule has 4 heteroatoms. The van der Waals surface area contributed by atoms with Gasteiger partial charge in [-0.3, -0.25) is 4.79 Å². The van der Waals surface area contributed by atoms with E-state index in [1.54, 1.807) is 0 Å². The Kier molecular flexibility index (Phi) is 46.8. The van der Waals surface area contributed by atoms with Crippen LogP contribution in [0.1, 0.15) is 251 Å². The molecule has 0 bridgehead atoms. The Morgan fingerprint density at radius 3 is 1.09 bits per heavy atom. The van der Waals surface area contributed by atoms with E-state index in [-0.39, 0.29) is 12.5 Å². The topological polar surface area (TPSA) is 69.6 Å². The first-order chi connectivity index (χ1) is 28.2. The van der Waals surface area contributed by atoms with Gasteiger partial charge in [-0.05, 0) is 51.4 Å². The zero-order chi connectivity index (χ0) is 41.4. The minimum atomic E-state index is -0.686. The molecule has 0 rings (SSSR count). The summed E-state index contributed by atoms with van der Waals surface area (Å²) in [5.74, 6) is -0.0872. The SMILES string of the molecule is CC/C=C\C/C=C\C/C=C\C/C=C\C/C=C\CCCC(=O)NC(CO)C(O)CCCCCCCCCCCCCCCCCCCCCCCCCCCCCC. The lowest BCUT2D eigenvalue weighted by Gasteiger charge is -2.22. The molecule has 0 saturated carbocycles. The predicted octanol–water partition coefficient (Wildman–Crippen LogP) is 16.1. The molecule has 0 aromatic heterocycles. The molecule has 3 N–H and O–H groups in total. The van der Waals surface area contributed by atoms with Crippen LogP contribution in [0.5, 0.6) is 0 Å². The van der Waals surface area contributed by atoms with E-state index in [9.17, 15) is 15.0 Å². The van der Waals surface area contributed by atoms with Crippen molar-refractivity contribution in [1.82, 2.24) is 5.32 Å². The molecule has 0 heterocycles. The second kappa shape index (κ2) is 48.5. The van der Waals surface area contributed by atoms with Crippen LogP contribution in [-0.4, -0.2) is 34.9 Å². The number of hydrogen-bond donors (Lipinski definition) is 3. The summed E-state index contributed by atoms with van der Waals surface area (Å²) >= 11 is 0. The van der Waals surface area contributed by atoms with Crippen molar-refractivity contribution in [2.75, 3.05) is 6.61 Å². The summed E-state index contributed by atoms with van der Waals surface area (Å²) in [6, 6.07) is -0.569. The number of unbranched alkanes of at least 4 members (excludes halogenated alkanes) is 28.